The highest BCUT2D eigenvalue weighted by atomic mass is 35.5. The van der Waals surface area contributed by atoms with Crippen LogP contribution in [0.25, 0.3) is 22.2 Å². The Labute approximate surface area is 382 Å². The molecule has 3 saturated carbocycles. The lowest BCUT2D eigenvalue weighted by Gasteiger charge is -2.33. The highest BCUT2D eigenvalue weighted by molar-refractivity contribution is 7.93. The smallest absolute Gasteiger partial charge is 0.200 e. The first-order chi connectivity index (χ1) is 29.1. The summed E-state index contributed by atoms with van der Waals surface area (Å²) in [5.74, 6) is 0.493. The number of hydrogen-bond donors (Lipinski definition) is 3. The van der Waals surface area contributed by atoms with E-state index >= 15 is 0 Å². The van der Waals surface area contributed by atoms with E-state index in [0.29, 0.717) is 48.5 Å². The molecule has 0 saturated heterocycles. The quantitative estimate of drug-likeness (QED) is 0.0977. The lowest BCUT2D eigenvalue weighted by Crippen LogP contribution is -2.40. The van der Waals surface area contributed by atoms with Crippen molar-refractivity contribution < 1.29 is 53.8 Å². The lowest BCUT2D eigenvalue weighted by molar-refractivity contribution is 0.0436. The Morgan fingerprint density at radius 2 is 0.937 bits per heavy atom. The lowest BCUT2D eigenvalue weighted by atomic mass is 9.95. The Morgan fingerprint density at radius 1 is 0.603 bits per heavy atom. The van der Waals surface area contributed by atoms with Gasteiger partial charge in [0, 0.05) is 25.0 Å². The Morgan fingerprint density at radius 3 is 1.29 bits per heavy atom. The molecule has 2 aromatic heterocycles. The van der Waals surface area contributed by atoms with Crippen LogP contribution in [-0.4, -0.2) is 93.7 Å². The molecule has 2 heterocycles. The van der Waals surface area contributed by atoms with Gasteiger partial charge in [0.25, 0.3) is 0 Å². The third-order valence-corrected chi connectivity index (χ3v) is 19.3. The summed E-state index contributed by atoms with van der Waals surface area (Å²) in [6.45, 7) is 11.7. The van der Waals surface area contributed by atoms with Crippen LogP contribution in [-0.2, 0) is 49.8 Å². The molecule has 3 aromatic carbocycles. The summed E-state index contributed by atoms with van der Waals surface area (Å²) in [6, 6.07) is 9.18. The molecule has 15 nitrogen and oxygen atoms in total. The van der Waals surface area contributed by atoms with Gasteiger partial charge < -0.3 is 34.3 Å². The number of aromatic nitrogens is 2. The minimum atomic E-state index is -3.67. The summed E-state index contributed by atoms with van der Waals surface area (Å²) >= 11 is 18.2. The summed E-state index contributed by atoms with van der Waals surface area (Å²) in [5, 5.41) is 17.8. The second-order valence-electron chi connectivity index (χ2n) is 18.1. The number of ether oxygens (including phenoxy) is 2. The molecule has 63 heavy (non-hydrogen) atoms. The van der Waals surface area contributed by atoms with Gasteiger partial charge in [0.15, 0.2) is 46.4 Å². The largest absolute Gasteiger partial charge is 0.504 e. The second-order valence-corrected chi connectivity index (χ2v) is 25.8. The number of phenols is 1. The van der Waals surface area contributed by atoms with Crippen molar-refractivity contribution in [3.8, 4) is 5.75 Å². The number of halogens is 3. The summed E-state index contributed by atoms with van der Waals surface area (Å²) in [7, 11) is -7.77. The van der Waals surface area contributed by atoms with E-state index in [0.717, 1.165) is 0 Å². The number of phenolic OH excluding ortho intramolecular Hbond substituents is 1. The molecule has 3 aliphatic carbocycles. The van der Waals surface area contributed by atoms with Crippen molar-refractivity contribution in [1.82, 2.24) is 9.97 Å². The van der Waals surface area contributed by atoms with Gasteiger partial charge in [-0.1, -0.05) is 76.3 Å². The number of aliphatic hydroxyl groups excluding tert-OH is 1. The van der Waals surface area contributed by atoms with Crippen molar-refractivity contribution in [2.24, 2.45) is 0 Å². The number of benzene rings is 3. The Balaban J connectivity index is 0.000000159. The fourth-order valence-electron chi connectivity index (χ4n) is 7.11. The third kappa shape index (κ3) is 9.71. The number of rotatable bonds is 8. The SMILES string of the molecule is CC(C)(C)c1nc2ccc(Cl)c(S(=O)(=O)C3CC(O)C3)c2o1.COC1CC(S(=O)(=O)c2c(Cl)ccc(N)c2O)C1.COC1CC(S(=O)(=O)c2c(Cl)ccc3nc(C(C)(C)C)oc23)C1. The third-order valence-electron chi connectivity index (χ3n) is 11.3. The maximum atomic E-state index is 12.9. The summed E-state index contributed by atoms with van der Waals surface area (Å²) in [6.07, 6.45) is 1.62. The number of nitrogens with two attached hydrogens (primary N) is 1. The average molecular weight is 993 g/mol. The zero-order valence-electron chi connectivity index (χ0n) is 36.0. The molecule has 0 atom stereocenters. The van der Waals surface area contributed by atoms with Crippen molar-refractivity contribution in [3.05, 3.63) is 63.2 Å². The molecule has 21 heteroatoms. The number of anilines is 1. The van der Waals surface area contributed by atoms with Crippen LogP contribution in [0.3, 0.4) is 0 Å². The minimum absolute atomic E-state index is 0.000546. The fraction of sp³-hybridized carbons (Fsp3) is 0.524. The van der Waals surface area contributed by atoms with Crippen LogP contribution in [0.5, 0.6) is 5.75 Å². The molecule has 3 fully saturated rings. The van der Waals surface area contributed by atoms with E-state index in [1.54, 1.807) is 32.4 Å². The minimum Gasteiger partial charge on any atom is -0.504 e. The molecule has 0 bridgehead atoms. The van der Waals surface area contributed by atoms with Gasteiger partial charge >= 0.3 is 0 Å². The first-order valence-corrected chi connectivity index (χ1v) is 25.8. The highest BCUT2D eigenvalue weighted by Gasteiger charge is 2.44. The van der Waals surface area contributed by atoms with Crippen LogP contribution >= 0.6 is 34.8 Å². The van der Waals surface area contributed by atoms with Gasteiger partial charge in [-0.15, -0.1) is 0 Å². The molecule has 0 spiro atoms. The molecule has 346 valence electrons. The molecule has 5 aromatic rings. The molecule has 3 aliphatic rings. The monoisotopic (exact) mass is 991 g/mol. The zero-order chi connectivity index (χ0) is 46.8. The Kier molecular flexibility index (Phi) is 14.0. The van der Waals surface area contributed by atoms with Gasteiger partial charge in [-0.3, -0.25) is 0 Å². The average Bonchev–Trinajstić information content (AvgIpc) is 3.76. The number of aromatic hydroxyl groups is 1. The topological polar surface area (TPSA) is 239 Å². The highest BCUT2D eigenvalue weighted by Crippen LogP contribution is 2.44. The van der Waals surface area contributed by atoms with E-state index in [4.69, 9.17) is 58.8 Å². The zero-order valence-corrected chi connectivity index (χ0v) is 40.7. The second kappa shape index (κ2) is 17.9. The van der Waals surface area contributed by atoms with Gasteiger partial charge in [0.05, 0.1) is 54.8 Å². The normalized spacial score (nSPS) is 22.9. The Hall–Kier alpha value is -3.20. The molecule has 8 rings (SSSR count). The van der Waals surface area contributed by atoms with E-state index < -0.39 is 57.1 Å². The van der Waals surface area contributed by atoms with Crippen molar-refractivity contribution >= 4 is 92.2 Å². The van der Waals surface area contributed by atoms with Crippen LogP contribution in [0.4, 0.5) is 5.69 Å². The number of aliphatic hydroxyl groups is 1. The summed E-state index contributed by atoms with van der Waals surface area (Å²) in [4.78, 5) is 8.57. The summed E-state index contributed by atoms with van der Waals surface area (Å²) in [5.41, 5.74) is 6.31. The Bertz CT molecular complexity index is 2850. The summed E-state index contributed by atoms with van der Waals surface area (Å²) < 4.78 is 97.8. The van der Waals surface area contributed by atoms with Gasteiger partial charge in [0.1, 0.15) is 25.7 Å². The first kappa shape index (κ1) is 49.2. The van der Waals surface area contributed by atoms with Gasteiger partial charge in [-0.05, 0) is 74.9 Å². The van der Waals surface area contributed by atoms with E-state index in [2.05, 4.69) is 9.97 Å². The maximum Gasteiger partial charge on any atom is 0.200 e. The molecule has 0 unspecified atom stereocenters. The van der Waals surface area contributed by atoms with Gasteiger partial charge in [0.2, 0.25) is 11.8 Å². The predicted molar refractivity (Wildman–Crippen MR) is 241 cm³/mol. The van der Waals surface area contributed by atoms with Crippen molar-refractivity contribution in [3.63, 3.8) is 0 Å². The number of nitrogen functional groups attached to an aromatic ring is 1. The van der Waals surface area contributed by atoms with Crippen molar-refractivity contribution in [2.75, 3.05) is 20.0 Å². The molecule has 0 amide bonds. The molecular weight excluding hydrogens is 941 g/mol. The van der Waals surface area contributed by atoms with Crippen LogP contribution in [0, 0.1) is 0 Å². The maximum absolute atomic E-state index is 12.9. The van der Waals surface area contributed by atoms with Crippen LogP contribution < -0.4 is 5.73 Å². The van der Waals surface area contributed by atoms with E-state index in [9.17, 15) is 35.5 Å². The number of hydrogen-bond acceptors (Lipinski definition) is 15. The van der Waals surface area contributed by atoms with Crippen LogP contribution in [0.2, 0.25) is 15.1 Å². The van der Waals surface area contributed by atoms with Gasteiger partial charge in [-0.2, -0.15) is 0 Å². The molecule has 4 N–H and O–H groups in total. The standard InChI is InChI=1S/C16H20ClNO4S.C15H18ClNO4S.C11H14ClNO4S/c1-16(2,3)15-18-12-6-5-11(17)14(13(12)22-15)23(19,20)10-7-9(8-10)21-4;1-15(2,3)14-17-11-5-4-10(16)13(12(11)21-14)22(19,20)9-6-8(18)7-9;1-17-6-4-7(5-6)18(15,16)11-8(12)2-3-9(13)10(11)14/h5-6,9-10H,7-8H2,1-4H3;4-5,8-9,18H,6-7H2,1-3H3;2-3,6-7,14H,4-5,13H2,1H3. The molecule has 0 radical (unpaired) electrons. The first-order valence-electron chi connectivity index (χ1n) is 20.0. The van der Waals surface area contributed by atoms with E-state index in [-0.39, 0.29) is 82.5 Å². The molecular formula is C42H52Cl3N3O12S3. The number of sulfone groups is 3. The van der Waals surface area contributed by atoms with Crippen LogP contribution in [0.1, 0.15) is 91.8 Å². The predicted octanol–water partition coefficient (Wildman–Crippen LogP) is 8.38. The van der Waals surface area contributed by atoms with Crippen LogP contribution in [0.15, 0.2) is 59.9 Å². The fourth-order valence-corrected chi connectivity index (χ4v) is 14.6. The number of oxazole rings is 2. The number of methoxy groups -OCH3 is 2. The number of nitrogens with zero attached hydrogens (tertiary/aromatic N) is 2. The van der Waals surface area contributed by atoms with Gasteiger partial charge in [-0.25, -0.2) is 35.2 Å². The molecule has 0 aliphatic heterocycles. The van der Waals surface area contributed by atoms with Crippen molar-refractivity contribution in [2.45, 2.75) is 140 Å². The van der Waals surface area contributed by atoms with E-state index in [1.807, 2.05) is 41.5 Å². The van der Waals surface area contributed by atoms with Crippen molar-refractivity contribution in [1.29, 1.82) is 0 Å². The van der Waals surface area contributed by atoms with E-state index in [1.165, 1.54) is 18.2 Å². The number of fused-ring (bicyclic) bond motifs is 2.